The summed E-state index contributed by atoms with van der Waals surface area (Å²) in [5.74, 6) is -20.1. The van der Waals surface area contributed by atoms with Crippen LogP contribution in [0.25, 0.3) is 0 Å². The lowest BCUT2D eigenvalue weighted by Gasteiger charge is -2.33. The van der Waals surface area contributed by atoms with Crippen LogP contribution in [0.2, 0.25) is 0 Å². The van der Waals surface area contributed by atoms with Gasteiger partial charge in [0.2, 0.25) is 0 Å². The van der Waals surface area contributed by atoms with Crippen molar-refractivity contribution < 1.29 is 53.8 Å². The standard InChI is InChI=1S/C11H11F9O3/c1-2-7(21)23-6-5-22-4-3-8(12,13)9(14,15)10(16,17)11(18,19)20/h2H,1,3-6H2. The van der Waals surface area contributed by atoms with Crippen LogP contribution >= 0.6 is 0 Å². The first-order valence-corrected chi connectivity index (χ1v) is 5.78. The molecule has 12 heteroatoms. The Labute approximate surface area is 124 Å². The van der Waals surface area contributed by atoms with E-state index in [-0.39, 0.29) is 0 Å². The Hall–Kier alpha value is -1.46. The highest BCUT2D eigenvalue weighted by atomic mass is 19.4. The third-order valence-corrected chi connectivity index (χ3v) is 2.41. The molecule has 3 nitrogen and oxygen atoms in total. The van der Waals surface area contributed by atoms with Gasteiger partial charge < -0.3 is 9.47 Å². The zero-order chi connectivity index (χ0) is 18.5. The predicted molar refractivity (Wildman–Crippen MR) is 57.5 cm³/mol. The Morgan fingerprint density at radius 2 is 1.39 bits per heavy atom. The third-order valence-electron chi connectivity index (χ3n) is 2.41. The van der Waals surface area contributed by atoms with E-state index in [1.807, 2.05) is 0 Å². The van der Waals surface area contributed by atoms with Crippen molar-refractivity contribution in [1.82, 2.24) is 0 Å². The van der Waals surface area contributed by atoms with Crippen molar-refractivity contribution >= 4 is 5.97 Å². The van der Waals surface area contributed by atoms with Crippen LogP contribution in [0.3, 0.4) is 0 Å². The van der Waals surface area contributed by atoms with Crippen molar-refractivity contribution in [2.45, 2.75) is 30.4 Å². The predicted octanol–water partition coefficient (Wildman–Crippen LogP) is 3.59. The molecule has 0 aromatic heterocycles. The number of hydrogen-bond acceptors (Lipinski definition) is 3. The minimum absolute atomic E-state index is 0.481. The van der Waals surface area contributed by atoms with E-state index in [0.29, 0.717) is 0 Å². The first-order chi connectivity index (χ1) is 10.2. The van der Waals surface area contributed by atoms with Crippen LogP contribution in [0, 0.1) is 0 Å². The maximum Gasteiger partial charge on any atom is 0.460 e. The topological polar surface area (TPSA) is 35.5 Å². The highest BCUT2D eigenvalue weighted by Gasteiger charge is 2.81. The van der Waals surface area contributed by atoms with E-state index in [1.54, 1.807) is 0 Å². The van der Waals surface area contributed by atoms with E-state index in [1.165, 1.54) is 0 Å². The number of carbonyl (C=O) groups is 1. The first kappa shape index (κ1) is 21.5. The van der Waals surface area contributed by atoms with Crippen LogP contribution in [0.15, 0.2) is 12.7 Å². The van der Waals surface area contributed by atoms with Gasteiger partial charge in [-0.1, -0.05) is 6.58 Å². The molecular formula is C11H11F9O3. The summed E-state index contributed by atoms with van der Waals surface area (Å²) in [5.41, 5.74) is 0. The van der Waals surface area contributed by atoms with E-state index >= 15 is 0 Å². The molecule has 0 atom stereocenters. The number of halogens is 9. The van der Waals surface area contributed by atoms with Gasteiger partial charge >= 0.3 is 29.9 Å². The molecule has 0 heterocycles. The van der Waals surface area contributed by atoms with Crippen LogP contribution in [-0.4, -0.2) is 49.7 Å². The number of carbonyl (C=O) groups excluding carboxylic acids is 1. The normalized spacial score (nSPS) is 13.8. The van der Waals surface area contributed by atoms with Crippen LogP contribution < -0.4 is 0 Å². The number of rotatable bonds is 9. The van der Waals surface area contributed by atoms with Gasteiger partial charge in [0.15, 0.2) is 0 Å². The summed E-state index contributed by atoms with van der Waals surface area (Å²) in [6.07, 6.45) is -8.19. The molecule has 0 aliphatic carbocycles. The van der Waals surface area contributed by atoms with Crippen LogP contribution in [0.5, 0.6) is 0 Å². The van der Waals surface area contributed by atoms with Crippen molar-refractivity contribution in [1.29, 1.82) is 0 Å². The number of esters is 1. The highest BCUT2D eigenvalue weighted by Crippen LogP contribution is 2.53. The number of ether oxygens (including phenoxy) is 2. The van der Waals surface area contributed by atoms with Crippen LogP contribution in [0.1, 0.15) is 6.42 Å². The highest BCUT2D eigenvalue weighted by molar-refractivity contribution is 5.81. The van der Waals surface area contributed by atoms with E-state index in [9.17, 15) is 44.3 Å². The van der Waals surface area contributed by atoms with Gasteiger partial charge in [0, 0.05) is 12.5 Å². The molecule has 0 aliphatic rings. The fraction of sp³-hybridized carbons (Fsp3) is 0.727. The third kappa shape index (κ3) is 5.01. The summed E-state index contributed by atoms with van der Waals surface area (Å²) in [4.78, 5) is 10.5. The summed E-state index contributed by atoms with van der Waals surface area (Å²) in [7, 11) is 0. The molecule has 0 radical (unpaired) electrons. The van der Waals surface area contributed by atoms with Gasteiger partial charge in [-0.15, -0.1) is 0 Å². The SMILES string of the molecule is C=CC(=O)OCCOCCC(F)(F)C(F)(F)C(F)(F)C(F)(F)F. The molecule has 23 heavy (non-hydrogen) atoms. The van der Waals surface area contributed by atoms with Crippen molar-refractivity contribution in [3.05, 3.63) is 12.7 Å². The largest absolute Gasteiger partial charge is 0.460 e. The molecule has 0 saturated carbocycles. The van der Waals surface area contributed by atoms with Gasteiger partial charge in [0.25, 0.3) is 0 Å². The van der Waals surface area contributed by atoms with E-state index in [4.69, 9.17) is 0 Å². The van der Waals surface area contributed by atoms with Crippen LogP contribution in [-0.2, 0) is 14.3 Å². The summed E-state index contributed by atoms with van der Waals surface area (Å²) >= 11 is 0. The second kappa shape index (κ2) is 7.41. The van der Waals surface area contributed by atoms with Crippen molar-refractivity contribution in [2.24, 2.45) is 0 Å². The molecule has 0 N–H and O–H groups in total. The molecule has 0 aromatic rings. The Morgan fingerprint density at radius 3 is 1.83 bits per heavy atom. The molecule has 0 amide bonds. The quantitative estimate of drug-likeness (QED) is 0.272. The molecule has 0 bridgehead atoms. The molecule has 0 spiro atoms. The molecule has 0 aromatic carbocycles. The molecule has 0 fully saturated rings. The van der Waals surface area contributed by atoms with Crippen molar-refractivity contribution in [3.8, 4) is 0 Å². The zero-order valence-electron chi connectivity index (χ0n) is 11.2. The average Bonchev–Trinajstić information content (AvgIpc) is 2.40. The Kier molecular flexibility index (Phi) is 6.94. The lowest BCUT2D eigenvalue weighted by atomic mass is 10.0. The first-order valence-electron chi connectivity index (χ1n) is 5.78. The second-order valence-electron chi connectivity index (χ2n) is 4.08. The Balaban J connectivity index is 4.57. The maximum absolute atomic E-state index is 13.0. The summed E-state index contributed by atoms with van der Waals surface area (Å²) in [6, 6.07) is 0. The fourth-order valence-corrected chi connectivity index (χ4v) is 1.13. The number of hydrogen-bond donors (Lipinski definition) is 0. The molecule has 0 saturated heterocycles. The van der Waals surface area contributed by atoms with Gasteiger partial charge in [0.05, 0.1) is 13.2 Å². The second-order valence-corrected chi connectivity index (χ2v) is 4.08. The van der Waals surface area contributed by atoms with E-state index in [0.717, 1.165) is 6.08 Å². The average molecular weight is 362 g/mol. The minimum atomic E-state index is -6.91. The van der Waals surface area contributed by atoms with Gasteiger partial charge in [0.1, 0.15) is 6.61 Å². The molecule has 0 aliphatic heterocycles. The smallest absolute Gasteiger partial charge is 0.460 e. The Morgan fingerprint density at radius 1 is 0.870 bits per heavy atom. The lowest BCUT2D eigenvalue weighted by molar-refractivity contribution is -0.397. The fourth-order valence-electron chi connectivity index (χ4n) is 1.13. The molecule has 0 unspecified atom stereocenters. The van der Waals surface area contributed by atoms with E-state index < -0.39 is 56.2 Å². The van der Waals surface area contributed by atoms with E-state index in [2.05, 4.69) is 16.1 Å². The summed E-state index contributed by atoms with van der Waals surface area (Å²) in [6.45, 7) is 0.716. The summed E-state index contributed by atoms with van der Waals surface area (Å²) < 4.78 is 121. The van der Waals surface area contributed by atoms with Gasteiger partial charge in [-0.3, -0.25) is 0 Å². The lowest BCUT2D eigenvalue weighted by Crippen LogP contribution is -2.61. The summed E-state index contributed by atoms with van der Waals surface area (Å²) in [5, 5.41) is 0. The monoisotopic (exact) mass is 362 g/mol. The minimum Gasteiger partial charge on any atom is -0.460 e. The molecule has 136 valence electrons. The van der Waals surface area contributed by atoms with Crippen molar-refractivity contribution in [2.75, 3.05) is 19.8 Å². The van der Waals surface area contributed by atoms with Crippen molar-refractivity contribution in [3.63, 3.8) is 0 Å². The number of alkyl halides is 9. The molecular weight excluding hydrogens is 351 g/mol. The van der Waals surface area contributed by atoms with Gasteiger partial charge in [-0.2, -0.15) is 39.5 Å². The zero-order valence-corrected chi connectivity index (χ0v) is 11.2. The molecule has 0 rings (SSSR count). The maximum atomic E-state index is 13.0. The van der Waals surface area contributed by atoms with Crippen LogP contribution in [0.4, 0.5) is 39.5 Å². The van der Waals surface area contributed by atoms with Gasteiger partial charge in [-0.05, 0) is 0 Å². The Bertz CT molecular complexity index is 417. The van der Waals surface area contributed by atoms with Gasteiger partial charge in [-0.25, -0.2) is 4.79 Å².